The van der Waals surface area contributed by atoms with Crippen molar-refractivity contribution in [2.24, 2.45) is 5.92 Å². The highest BCUT2D eigenvalue weighted by atomic mass is 16.2. The van der Waals surface area contributed by atoms with Crippen LogP contribution in [0.3, 0.4) is 0 Å². The maximum Gasteiger partial charge on any atom is 0.317 e. The van der Waals surface area contributed by atoms with Crippen molar-refractivity contribution in [3.8, 4) is 0 Å². The van der Waals surface area contributed by atoms with E-state index in [-0.39, 0.29) is 6.03 Å². The van der Waals surface area contributed by atoms with Gasteiger partial charge < -0.3 is 15.1 Å². The summed E-state index contributed by atoms with van der Waals surface area (Å²) in [6.45, 7) is 10.5. The van der Waals surface area contributed by atoms with Crippen molar-refractivity contribution < 1.29 is 4.79 Å². The first-order valence-electron chi connectivity index (χ1n) is 8.49. The van der Waals surface area contributed by atoms with Gasteiger partial charge in [0.05, 0.1) is 0 Å². The number of carbonyl (C=O) groups is 1. The SMILES string of the molecule is CCN(CC1CC1)C(=O)NCCN(CC)c1ccccc1C. The predicted molar refractivity (Wildman–Crippen MR) is 92.4 cm³/mol. The van der Waals surface area contributed by atoms with Gasteiger partial charge in [-0.1, -0.05) is 18.2 Å². The maximum absolute atomic E-state index is 12.2. The highest BCUT2D eigenvalue weighted by Crippen LogP contribution is 2.29. The van der Waals surface area contributed by atoms with Crippen molar-refractivity contribution in [1.82, 2.24) is 10.2 Å². The second-order valence-electron chi connectivity index (χ2n) is 6.08. The van der Waals surface area contributed by atoms with Crippen LogP contribution in [0.4, 0.5) is 10.5 Å². The van der Waals surface area contributed by atoms with Crippen LogP contribution >= 0.6 is 0 Å². The molecule has 1 aliphatic carbocycles. The van der Waals surface area contributed by atoms with Crippen LogP contribution in [0.1, 0.15) is 32.3 Å². The fourth-order valence-electron chi connectivity index (χ4n) is 2.74. The first kappa shape index (κ1) is 16.7. The second-order valence-corrected chi connectivity index (χ2v) is 6.08. The zero-order valence-electron chi connectivity index (χ0n) is 14.1. The van der Waals surface area contributed by atoms with Gasteiger partial charge in [-0.05, 0) is 51.2 Å². The Hall–Kier alpha value is -1.71. The average molecular weight is 303 g/mol. The molecule has 0 unspecified atom stereocenters. The molecule has 2 rings (SSSR count). The summed E-state index contributed by atoms with van der Waals surface area (Å²) in [5, 5.41) is 3.07. The normalized spacial score (nSPS) is 13.8. The summed E-state index contributed by atoms with van der Waals surface area (Å²) in [4.78, 5) is 16.5. The minimum absolute atomic E-state index is 0.0789. The van der Waals surface area contributed by atoms with E-state index in [1.54, 1.807) is 0 Å². The lowest BCUT2D eigenvalue weighted by molar-refractivity contribution is 0.198. The van der Waals surface area contributed by atoms with E-state index in [0.717, 1.165) is 32.1 Å². The summed E-state index contributed by atoms with van der Waals surface area (Å²) in [6, 6.07) is 8.48. The lowest BCUT2D eigenvalue weighted by atomic mass is 10.2. The first-order chi connectivity index (χ1) is 10.7. The number of anilines is 1. The summed E-state index contributed by atoms with van der Waals surface area (Å²) in [6.07, 6.45) is 2.56. The summed E-state index contributed by atoms with van der Waals surface area (Å²) < 4.78 is 0. The van der Waals surface area contributed by atoms with Gasteiger partial charge in [0.2, 0.25) is 0 Å². The van der Waals surface area contributed by atoms with Crippen molar-refractivity contribution in [2.45, 2.75) is 33.6 Å². The van der Waals surface area contributed by atoms with E-state index in [0.29, 0.717) is 6.54 Å². The van der Waals surface area contributed by atoms with Gasteiger partial charge in [0.1, 0.15) is 0 Å². The Bertz CT molecular complexity index is 485. The summed E-state index contributed by atoms with van der Waals surface area (Å²) >= 11 is 0. The number of likely N-dealkylation sites (N-methyl/N-ethyl adjacent to an activating group) is 1. The van der Waals surface area contributed by atoms with Crippen LogP contribution in [0.2, 0.25) is 0 Å². The van der Waals surface area contributed by atoms with Gasteiger partial charge >= 0.3 is 6.03 Å². The number of amides is 2. The second kappa shape index (κ2) is 8.06. The van der Waals surface area contributed by atoms with Crippen LogP contribution in [-0.2, 0) is 0 Å². The Labute approximate surface area is 134 Å². The number of rotatable bonds is 8. The van der Waals surface area contributed by atoms with Crippen LogP contribution in [0.25, 0.3) is 0 Å². The molecule has 4 heteroatoms. The van der Waals surface area contributed by atoms with Gasteiger partial charge in [0, 0.05) is 38.4 Å². The molecule has 0 spiro atoms. The third-order valence-corrected chi connectivity index (χ3v) is 4.34. The van der Waals surface area contributed by atoms with Crippen molar-refractivity contribution >= 4 is 11.7 Å². The molecule has 22 heavy (non-hydrogen) atoms. The molecule has 0 radical (unpaired) electrons. The van der Waals surface area contributed by atoms with Crippen LogP contribution in [0.5, 0.6) is 0 Å². The summed E-state index contributed by atoms with van der Waals surface area (Å²) in [5.41, 5.74) is 2.53. The molecule has 4 nitrogen and oxygen atoms in total. The number of nitrogens with zero attached hydrogens (tertiary/aromatic N) is 2. The van der Waals surface area contributed by atoms with Gasteiger partial charge in [-0.15, -0.1) is 0 Å². The average Bonchev–Trinajstić information content (AvgIpc) is 3.34. The largest absolute Gasteiger partial charge is 0.370 e. The molecule has 1 aromatic carbocycles. The summed E-state index contributed by atoms with van der Waals surface area (Å²) in [7, 11) is 0. The molecule has 1 fully saturated rings. The minimum atomic E-state index is 0.0789. The highest BCUT2D eigenvalue weighted by molar-refractivity contribution is 5.74. The van der Waals surface area contributed by atoms with Crippen molar-refractivity contribution in [3.63, 3.8) is 0 Å². The van der Waals surface area contributed by atoms with Crippen LogP contribution in [-0.4, -0.2) is 43.7 Å². The van der Waals surface area contributed by atoms with Gasteiger partial charge in [-0.25, -0.2) is 4.79 Å². The lowest BCUT2D eigenvalue weighted by Gasteiger charge is -2.26. The molecule has 1 saturated carbocycles. The van der Waals surface area contributed by atoms with Gasteiger partial charge in [-0.2, -0.15) is 0 Å². The standard InChI is InChI=1S/C18H29N3O/c1-4-20(17-9-7-6-8-15(17)3)13-12-19-18(22)21(5-2)14-16-10-11-16/h6-9,16H,4-5,10-14H2,1-3H3,(H,19,22). The van der Waals surface area contributed by atoms with Gasteiger partial charge in [-0.3, -0.25) is 0 Å². The van der Waals surface area contributed by atoms with E-state index in [9.17, 15) is 4.79 Å². The molecule has 0 atom stereocenters. The molecule has 1 aliphatic rings. The molecule has 0 saturated heterocycles. The molecule has 0 aromatic heterocycles. The Kier molecular flexibility index (Phi) is 6.10. The van der Waals surface area contributed by atoms with Crippen molar-refractivity contribution in [2.75, 3.05) is 37.6 Å². The van der Waals surface area contributed by atoms with E-state index < -0.39 is 0 Å². The molecule has 0 aliphatic heterocycles. The number of urea groups is 1. The maximum atomic E-state index is 12.2. The van der Waals surface area contributed by atoms with Crippen LogP contribution < -0.4 is 10.2 Å². The van der Waals surface area contributed by atoms with E-state index in [2.05, 4.69) is 48.3 Å². The smallest absolute Gasteiger partial charge is 0.317 e. The highest BCUT2D eigenvalue weighted by Gasteiger charge is 2.25. The predicted octanol–water partition coefficient (Wildman–Crippen LogP) is 3.26. The van der Waals surface area contributed by atoms with Crippen molar-refractivity contribution in [3.05, 3.63) is 29.8 Å². The number of para-hydroxylation sites is 1. The Morgan fingerprint density at radius 3 is 2.55 bits per heavy atom. The lowest BCUT2D eigenvalue weighted by Crippen LogP contribution is -2.44. The Morgan fingerprint density at radius 1 is 1.23 bits per heavy atom. The fraction of sp³-hybridized carbons (Fsp3) is 0.611. The minimum Gasteiger partial charge on any atom is -0.370 e. The zero-order chi connectivity index (χ0) is 15.9. The molecule has 2 amide bonds. The van der Waals surface area contributed by atoms with E-state index in [4.69, 9.17) is 0 Å². The number of carbonyl (C=O) groups excluding carboxylic acids is 1. The molecular weight excluding hydrogens is 274 g/mol. The molecule has 1 N–H and O–H groups in total. The number of hydrogen-bond donors (Lipinski definition) is 1. The van der Waals surface area contributed by atoms with E-state index >= 15 is 0 Å². The summed E-state index contributed by atoms with van der Waals surface area (Å²) in [5.74, 6) is 0.741. The van der Waals surface area contributed by atoms with Crippen LogP contribution in [0, 0.1) is 12.8 Å². The third-order valence-electron chi connectivity index (χ3n) is 4.34. The number of aryl methyl sites for hydroxylation is 1. The van der Waals surface area contributed by atoms with E-state index in [1.165, 1.54) is 24.1 Å². The molecular formula is C18H29N3O. The fourth-order valence-corrected chi connectivity index (χ4v) is 2.74. The van der Waals surface area contributed by atoms with E-state index in [1.807, 2.05) is 11.8 Å². The van der Waals surface area contributed by atoms with Crippen molar-refractivity contribution in [1.29, 1.82) is 0 Å². The first-order valence-corrected chi connectivity index (χ1v) is 8.49. The molecule has 0 heterocycles. The monoisotopic (exact) mass is 303 g/mol. The van der Waals surface area contributed by atoms with Crippen LogP contribution in [0.15, 0.2) is 24.3 Å². The molecule has 122 valence electrons. The topological polar surface area (TPSA) is 35.6 Å². The van der Waals surface area contributed by atoms with Gasteiger partial charge in [0.15, 0.2) is 0 Å². The third kappa shape index (κ3) is 4.65. The Morgan fingerprint density at radius 2 is 1.95 bits per heavy atom. The number of benzene rings is 1. The zero-order valence-corrected chi connectivity index (χ0v) is 14.1. The quantitative estimate of drug-likeness (QED) is 0.800. The number of nitrogens with one attached hydrogen (secondary N) is 1. The van der Waals surface area contributed by atoms with Gasteiger partial charge in [0.25, 0.3) is 0 Å². The molecule has 0 bridgehead atoms. The molecule has 1 aromatic rings. The Balaban J connectivity index is 1.80. The number of hydrogen-bond acceptors (Lipinski definition) is 2.